The smallest absolute Gasteiger partial charge is 0.351 e. The van der Waals surface area contributed by atoms with Gasteiger partial charge in [0.05, 0.1) is 7.11 Å². The summed E-state index contributed by atoms with van der Waals surface area (Å²) in [6, 6.07) is 14.5. The fraction of sp³-hybridized carbons (Fsp3) is 0.273. The van der Waals surface area contributed by atoms with Crippen molar-refractivity contribution in [2.75, 3.05) is 7.11 Å². The Morgan fingerprint density at radius 3 is 2.52 bits per heavy atom. The lowest BCUT2D eigenvalue weighted by atomic mass is 9.91. The van der Waals surface area contributed by atoms with Crippen LogP contribution in [0, 0.1) is 0 Å². The highest BCUT2D eigenvalue weighted by atomic mass is 16.6. The molecule has 5 nitrogen and oxygen atoms in total. The topological polar surface area (TPSA) is 65.7 Å². The molecule has 5 heteroatoms. The van der Waals surface area contributed by atoms with Crippen LogP contribution in [0.15, 0.2) is 57.7 Å². The van der Waals surface area contributed by atoms with Gasteiger partial charge in [0.15, 0.2) is 0 Å². The van der Waals surface area contributed by atoms with Gasteiger partial charge >= 0.3 is 11.6 Å². The Morgan fingerprint density at radius 1 is 1.04 bits per heavy atom. The molecule has 1 atom stereocenters. The number of methoxy groups -OCH3 is 1. The number of rotatable bonds is 4. The number of esters is 1. The molecule has 1 aromatic heterocycles. The predicted octanol–water partition coefficient (Wildman–Crippen LogP) is 3.96. The van der Waals surface area contributed by atoms with E-state index in [2.05, 4.69) is 0 Å². The maximum Gasteiger partial charge on any atom is 0.351 e. The zero-order valence-corrected chi connectivity index (χ0v) is 15.1. The summed E-state index contributed by atoms with van der Waals surface area (Å²) in [6.45, 7) is 0. The van der Waals surface area contributed by atoms with Crippen molar-refractivity contribution >= 4 is 16.9 Å². The molecule has 1 aliphatic rings. The van der Waals surface area contributed by atoms with Crippen molar-refractivity contribution in [2.45, 2.75) is 31.8 Å². The molecular formula is C22H20O5. The number of carbonyl (C=O) groups is 1. The first kappa shape index (κ1) is 17.3. The molecule has 0 radical (unpaired) electrons. The van der Waals surface area contributed by atoms with Crippen molar-refractivity contribution in [2.24, 2.45) is 0 Å². The molecule has 0 N–H and O–H groups in total. The molecule has 4 rings (SSSR count). The maximum atomic E-state index is 12.3. The fourth-order valence-corrected chi connectivity index (χ4v) is 3.62. The summed E-state index contributed by atoms with van der Waals surface area (Å²) in [5.41, 5.74) is 2.76. The molecule has 1 unspecified atom stereocenters. The van der Waals surface area contributed by atoms with Crippen molar-refractivity contribution in [3.05, 3.63) is 75.6 Å². The Balaban J connectivity index is 1.73. The average Bonchev–Trinajstić information content (AvgIpc) is 2.72. The number of benzene rings is 2. The van der Waals surface area contributed by atoms with E-state index in [4.69, 9.17) is 13.9 Å². The lowest BCUT2D eigenvalue weighted by Gasteiger charge is -2.19. The van der Waals surface area contributed by atoms with E-state index in [1.165, 1.54) is 7.11 Å². The summed E-state index contributed by atoms with van der Waals surface area (Å²) < 4.78 is 16.3. The summed E-state index contributed by atoms with van der Waals surface area (Å²) >= 11 is 0. The summed E-state index contributed by atoms with van der Waals surface area (Å²) in [6.07, 6.45) is 2.85. The molecule has 0 fully saturated rings. The van der Waals surface area contributed by atoms with E-state index in [9.17, 15) is 9.59 Å². The Labute approximate surface area is 156 Å². The molecule has 3 aromatic rings. The molecular weight excluding hydrogens is 344 g/mol. The van der Waals surface area contributed by atoms with E-state index in [0.717, 1.165) is 42.2 Å². The van der Waals surface area contributed by atoms with Crippen LogP contribution in [0.4, 0.5) is 0 Å². The zero-order valence-electron chi connectivity index (χ0n) is 15.1. The van der Waals surface area contributed by atoms with Crippen LogP contribution in [0.1, 0.15) is 35.6 Å². The van der Waals surface area contributed by atoms with Crippen LogP contribution in [0.5, 0.6) is 5.75 Å². The third-order valence-corrected chi connectivity index (χ3v) is 4.97. The first-order chi connectivity index (χ1) is 13.2. The van der Waals surface area contributed by atoms with E-state index < -0.39 is 12.1 Å². The largest absolute Gasteiger partial charge is 0.474 e. The number of hydrogen-bond donors (Lipinski definition) is 0. The van der Waals surface area contributed by atoms with E-state index >= 15 is 0 Å². The van der Waals surface area contributed by atoms with Gasteiger partial charge in [-0.15, -0.1) is 0 Å². The van der Waals surface area contributed by atoms with Gasteiger partial charge in [0.2, 0.25) is 6.10 Å². The minimum absolute atomic E-state index is 0.276. The second-order valence-corrected chi connectivity index (χ2v) is 6.64. The maximum absolute atomic E-state index is 12.3. The van der Waals surface area contributed by atoms with Gasteiger partial charge in [-0.2, -0.15) is 0 Å². The molecule has 0 amide bonds. The lowest BCUT2D eigenvalue weighted by molar-refractivity contribution is -0.149. The Hall–Kier alpha value is -3.08. The molecule has 0 saturated heterocycles. The summed E-state index contributed by atoms with van der Waals surface area (Å²) in [5.74, 6) is -0.0474. The lowest BCUT2D eigenvalue weighted by Crippen LogP contribution is -2.20. The summed E-state index contributed by atoms with van der Waals surface area (Å²) in [4.78, 5) is 24.5. The normalized spacial score (nSPS) is 14.4. The fourth-order valence-electron chi connectivity index (χ4n) is 3.62. The second kappa shape index (κ2) is 7.27. The van der Waals surface area contributed by atoms with Crippen LogP contribution in [-0.4, -0.2) is 13.1 Å². The van der Waals surface area contributed by atoms with E-state index in [0.29, 0.717) is 16.9 Å². The molecule has 1 aliphatic carbocycles. The molecule has 0 bridgehead atoms. The number of hydrogen-bond acceptors (Lipinski definition) is 5. The second-order valence-electron chi connectivity index (χ2n) is 6.64. The standard InChI is InChI=1S/C22H20O5/c1-25-22(24)20(14-7-3-2-4-8-14)26-15-11-12-17-16-9-5-6-10-18(16)21(23)27-19(17)13-15/h2-4,7-8,11-13,20H,5-6,9-10H2,1H3. The van der Waals surface area contributed by atoms with Crippen LogP contribution in [0.3, 0.4) is 0 Å². The van der Waals surface area contributed by atoms with Gasteiger partial charge in [0.25, 0.3) is 0 Å². The minimum Gasteiger partial charge on any atom is -0.474 e. The number of aryl methyl sites for hydroxylation is 1. The predicted molar refractivity (Wildman–Crippen MR) is 101 cm³/mol. The van der Waals surface area contributed by atoms with Crippen molar-refractivity contribution < 1.29 is 18.7 Å². The number of carbonyl (C=O) groups excluding carboxylic acids is 1. The minimum atomic E-state index is -0.891. The number of ether oxygens (including phenoxy) is 2. The monoisotopic (exact) mass is 364 g/mol. The number of fused-ring (bicyclic) bond motifs is 3. The average molecular weight is 364 g/mol. The molecule has 0 aliphatic heterocycles. The van der Waals surface area contributed by atoms with E-state index in [1.54, 1.807) is 24.3 Å². The van der Waals surface area contributed by atoms with E-state index in [1.807, 2.05) is 24.3 Å². The summed E-state index contributed by atoms with van der Waals surface area (Å²) in [5, 5.41) is 0.936. The van der Waals surface area contributed by atoms with Gasteiger partial charge in [-0.25, -0.2) is 9.59 Å². The van der Waals surface area contributed by atoms with Crippen molar-refractivity contribution in [1.29, 1.82) is 0 Å². The van der Waals surface area contributed by atoms with Crippen molar-refractivity contribution in [3.63, 3.8) is 0 Å². The van der Waals surface area contributed by atoms with Gasteiger partial charge in [0, 0.05) is 22.6 Å². The van der Waals surface area contributed by atoms with Crippen LogP contribution in [0.25, 0.3) is 11.0 Å². The zero-order chi connectivity index (χ0) is 18.8. The van der Waals surface area contributed by atoms with Gasteiger partial charge in [-0.05, 0) is 43.4 Å². The molecule has 2 aromatic carbocycles. The first-order valence-corrected chi connectivity index (χ1v) is 9.05. The van der Waals surface area contributed by atoms with Gasteiger partial charge < -0.3 is 13.9 Å². The summed E-state index contributed by atoms with van der Waals surface area (Å²) in [7, 11) is 1.33. The van der Waals surface area contributed by atoms with Crippen molar-refractivity contribution in [3.8, 4) is 5.75 Å². The van der Waals surface area contributed by atoms with Gasteiger partial charge in [0.1, 0.15) is 11.3 Å². The Bertz CT molecular complexity index is 1040. The first-order valence-electron chi connectivity index (χ1n) is 9.05. The highest BCUT2D eigenvalue weighted by molar-refractivity contribution is 5.83. The van der Waals surface area contributed by atoms with Gasteiger partial charge in [-0.1, -0.05) is 30.3 Å². The molecule has 0 saturated carbocycles. The van der Waals surface area contributed by atoms with Crippen LogP contribution in [0.2, 0.25) is 0 Å². The SMILES string of the molecule is COC(=O)C(Oc1ccc2c3c(c(=O)oc2c1)CCCC3)c1ccccc1. The quantitative estimate of drug-likeness (QED) is 0.518. The molecule has 27 heavy (non-hydrogen) atoms. The highest BCUT2D eigenvalue weighted by Gasteiger charge is 2.24. The van der Waals surface area contributed by atoms with E-state index in [-0.39, 0.29) is 5.63 Å². The Morgan fingerprint density at radius 2 is 1.78 bits per heavy atom. The van der Waals surface area contributed by atoms with Crippen LogP contribution < -0.4 is 10.4 Å². The molecule has 1 heterocycles. The van der Waals surface area contributed by atoms with Crippen LogP contribution >= 0.6 is 0 Å². The van der Waals surface area contributed by atoms with Crippen LogP contribution in [-0.2, 0) is 22.4 Å². The third-order valence-electron chi connectivity index (χ3n) is 4.97. The van der Waals surface area contributed by atoms with Crippen molar-refractivity contribution in [1.82, 2.24) is 0 Å². The third kappa shape index (κ3) is 3.33. The Kier molecular flexibility index (Phi) is 4.67. The van der Waals surface area contributed by atoms with Gasteiger partial charge in [-0.3, -0.25) is 0 Å². The molecule has 0 spiro atoms. The highest BCUT2D eigenvalue weighted by Crippen LogP contribution is 2.31. The molecule has 138 valence electrons.